The van der Waals surface area contributed by atoms with Gasteiger partial charge in [-0.3, -0.25) is 9.36 Å². The molecule has 0 aliphatic carbocycles. The Morgan fingerprint density at radius 3 is 2.55 bits per heavy atom. The molecule has 0 fully saturated rings. The average Bonchev–Trinajstić information content (AvgIpc) is 2.95. The van der Waals surface area contributed by atoms with Crippen molar-refractivity contribution in [1.82, 2.24) is 4.57 Å². The Morgan fingerprint density at radius 1 is 1.05 bits per heavy atom. The molecule has 0 N–H and O–H groups in total. The summed E-state index contributed by atoms with van der Waals surface area (Å²) >= 11 is 0. The molecular weight excluding hydrogens is 280 g/mol. The Balaban J connectivity index is 1.74. The van der Waals surface area contributed by atoms with Crippen LogP contribution in [0, 0.1) is 4.91 Å². The lowest BCUT2D eigenvalue weighted by molar-refractivity contribution is 0.0649. The second-order valence-electron chi connectivity index (χ2n) is 4.86. The van der Waals surface area contributed by atoms with Crippen LogP contribution in [0.1, 0.15) is 10.4 Å². The zero-order valence-electron chi connectivity index (χ0n) is 11.8. The van der Waals surface area contributed by atoms with Crippen LogP contribution in [0.2, 0.25) is 0 Å². The third-order valence-electron chi connectivity index (χ3n) is 3.40. The lowest BCUT2D eigenvalue weighted by atomic mass is 10.2. The van der Waals surface area contributed by atoms with Crippen molar-refractivity contribution >= 4 is 22.5 Å². The summed E-state index contributed by atoms with van der Waals surface area (Å²) in [5.74, 6) is -0.234. The maximum absolute atomic E-state index is 12.3. The van der Waals surface area contributed by atoms with Gasteiger partial charge in [-0.25, -0.2) is 0 Å². The minimum Gasteiger partial charge on any atom is -0.367 e. The summed E-state index contributed by atoms with van der Waals surface area (Å²) < 4.78 is 6.86. The highest BCUT2D eigenvalue weighted by atomic mass is 16.5. The molecule has 1 aromatic heterocycles. The molecule has 3 aromatic rings. The molecule has 0 radical (unpaired) electrons. The van der Waals surface area contributed by atoms with Gasteiger partial charge in [-0.15, -0.1) is 4.91 Å². The zero-order chi connectivity index (χ0) is 15.4. The number of nitroso groups, excluding NO2 is 1. The van der Waals surface area contributed by atoms with E-state index in [1.165, 1.54) is 10.8 Å². The summed E-state index contributed by atoms with van der Waals surface area (Å²) in [6.45, 7) is 0.302. The van der Waals surface area contributed by atoms with Crippen LogP contribution < -0.4 is 0 Å². The van der Waals surface area contributed by atoms with Crippen molar-refractivity contribution in [2.45, 2.75) is 6.61 Å². The summed E-state index contributed by atoms with van der Waals surface area (Å²) in [5, 5.41) is 3.63. The average molecular weight is 294 g/mol. The molecule has 110 valence electrons. The number of carbonyl (C=O) groups excluding carboxylic acids is 1. The van der Waals surface area contributed by atoms with E-state index in [9.17, 15) is 9.70 Å². The van der Waals surface area contributed by atoms with Gasteiger partial charge in [-0.1, -0.05) is 48.5 Å². The summed E-state index contributed by atoms with van der Waals surface area (Å²) in [5.41, 5.74) is 1.92. The minimum atomic E-state index is -0.234. The number of rotatable bonds is 5. The molecule has 1 heterocycles. The van der Waals surface area contributed by atoms with E-state index in [0.717, 1.165) is 5.56 Å². The van der Waals surface area contributed by atoms with E-state index in [2.05, 4.69) is 5.18 Å². The van der Waals surface area contributed by atoms with Crippen LogP contribution in [0.5, 0.6) is 0 Å². The van der Waals surface area contributed by atoms with Gasteiger partial charge >= 0.3 is 0 Å². The van der Waals surface area contributed by atoms with Gasteiger partial charge < -0.3 is 4.74 Å². The fourth-order valence-electron chi connectivity index (χ4n) is 2.34. The third kappa shape index (κ3) is 2.80. The summed E-state index contributed by atoms with van der Waals surface area (Å²) in [6.07, 6.45) is 1.45. The molecule has 0 bridgehead atoms. The van der Waals surface area contributed by atoms with Crippen molar-refractivity contribution in [3.8, 4) is 0 Å². The molecule has 3 rings (SSSR count). The van der Waals surface area contributed by atoms with Crippen molar-refractivity contribution in [3.63, 3.8) is 0 Å². The fourth-order valence-corrected chi connectivity index (χ4v) is 2.34. The van der Waals surface area contributed by atoms with Crippen LogP contribution in [-0.4, -0.2) is 17.1 Å². The Kier molecular flexibility index (Phi) is 4.07. The van der Waals surface area contributed by atoms with E-state index in [1.807, 2.05) is 36.4 Å². The quantitative estimate of drug-likeness (QED) is 0.670. The van der Waals surface area contributed by atoms with Crippen LogP contribution in [0.25, 0.3) is 10.9 Å². The highest BCUT2D eigenvalue weighted by Gasteiger charge is 2.13. The lowest BCUT2D eigenvalue weighted by Crippen LogP contribution is -2.16. The zero-order valence-corrected chi connectivity index (χ0v) is 11.8. The van der Waals surface area contributed by atoms with Crippen LogP contribution in [0.3, 0.4) is 0 Å². The second kappa shape index (κ2) is 6.32. The van der Waals surface area contributed by atoms with Crippen LogP contribution >= 0.6 is 0 Å². The molecule has 0 saturated heterocycles. The molecule has 2 aromatic carbocycles. The Morgan fingerprint density at radius 2 is 1.77 bits per heavy atom. The highest BCUT2D eigenvalue weighted by Crippen LogP contribution is 2.27. The van der Waals surface area contributed by atoms with E-state index in [0.29, 0.717) is 17.5 Å². The molecule has 5 heteroatoms. The predicted octanol–water partition coefficient (Wildman–Crippen LogP) is 3.90. The number of benzene rings is 2. The van der Waals surface area contributed by atoms with Crippen LogP contribution in [0.15, 0.2) is 66.0 Å². The molecule has 5 nitrogen and oxygen atoms in total. The van der Waals surface area contributed by atoms with Crippen molar-refractivity contribution in [2.75, 3.05) is 6.61 Å². The molecule has 0 amide bonds. The van der Waals surface area contributed by atoms with Gasteiger partial charge in [0.2, 0.25) is 0 Å². The molecule has 22 heavy (non-hydrogen) atoms. The molecule has 0 unspecified atom stereocenters. The van der Waals surface area contributed by atoms with Crippen molar-refractivity contribution in [2.24, 2.45) is 5.18 Å². The number of fused-ring (bicyclic) bond motifs is 1. The first kappa shape index (κ1) is 14.2. The van der Waals surface area contributed by atoms with Gasteiger partial charge in [0, 0.05) is 11.6 Å². The molecule has 0 atom stereocenters. The standard InChI is InChI=1S/C17H14N2O3/c20-17(12-22-11-13-6-2-1-3-7-13)19-10-15(18-21)14-8-4-5-9-16(14)19/h1-10H,11-12H2. The summed E-state index contributed by atoms with van der Waals surface area (Å²) in [4.78, 5) is 23.1. The number of hydrogen-bond donors (Lipinski definition) is 0. The lowest BCUT2D eigenvalue weighted by Gasteiger charge is -2.05. The molecule has 0 spiro atoms. The largest absolute Gasteiger partial charge is 0.367 e. The third-order valence-corrected chi connectivity index (χ3v) is 3.40. The van der Waals surface area contributed by atoms with Gasteiger partial charge in [-0.2, -0.15) is 0 Å². The first-order valence-electron chi connectivity index (χ1n) is 6.88. The van der Waals surface area contributed by atoms with E-state index < -0.39 is 0 Å². The number of nitrogens with zero attached hydrogens (tertiary/aromatic N) is 2. The van der Waals surface area contributed by atoms with E-state index >= 15 is 0 Å². The first-order chi connectivity index (χ1) is 10.8. The topological polar surface area (TPSA) is 60.7 Å². The summed E-state index contributed by atoms with van der Waals surface area (Å²) in [6, 6.07) is 16.8. The van der Waals surface area contributed by atoms with E-state index in [1.54, 1.807) is 18.2 Å². The number of para-hydroxylation sites is 1. The highest BCUT2D eigenvalue weighted by molar-refractivity contribution is 5.99. The smallest absolute Gasteiger partial charge is 0.257 e. The minimum absolute atomic E-state index is 0.0636. The number of hydrogen-bond acceptors (Lipinski definition) is 4. The monoisotopic (exact) mass is 294 g/mol. The SMILES string of the molecule is O=Nc1cn(C(=O)COCc2ccccc2)c2ccccc12. The maximum Gasteiger partial charge on any atom is 0.257 e. The Labute approximate surface area is 127 Å². The van der Waals surface area contributed by atoms with E-state index in [-0.39, 0.29) is 18.2 Å². The molecule has 0 saturated carbocycles. The van der Waals surface area contributed by atoms with Gasteiger partial charge in [-0.05, 0) is 16.8 Å². The first-order valence-corrected chi connectivity index (χ1v) is 6.88. The number of ether oxygens (including phenoxy) is 1. The second-order valence-corrected chi connectivity index (χ2v) is 4.86. The van der Waals surface area contributed by atoms with Crippen molar-refractivity contribution in [1.29, 1.82) is 0 Å². The van der Waals surface area contributed by atoms with Gasteiger partial charge in [0.1, 0.15) is 12.3 Å². The molecule has 0 aliphatic rings. The normalized spacial score (nSPS) is 10.7. The van der Waals surface area contributed by atoms with E-state index in [4.69, 9.17) is 4.74 Å². The number of aromatic nitrogens is 1. The van der Waals surface area contributed by atoms with Gasteiger partial charge in [0.25, 0.3) is 5.91 Å². The van der Waals surface area contributed by atoms with Crippen molar-refractivity contribution < 1.29 is 9.53 Å². The molecular formula is C17H14N2O3. The molecule has 0 aliphatic heterocycles. The maximum atomic E-state index is 12.3. The van der Waals surface area contributed by atoms with Gasteiger partial charge in [0.15, 0.2) is 0 Å². The number of carbonyl (C=O) groups is 1. The predicted molar refractivity (Wildman–Crippen MR) is 84.1 cm³/mol. The van der Waals surface area contributed by atoms with Crippen molar-refractivity contribution in [3.05, 3.63) is 71.3 Å². The fraction of sp³-hybridized carbons (Fsp3) is 0.118. The van der Waals surface area contributed by atoms with Crippen LogP contribution in [-0.2, 0) is 11.3 Å². The van der Waals surface area contributed by atoms with Crippen LogP contribution in [0.4, 0.5) is 5.69 Å². The van der Waals surface area contributed by atoms with Gasteiger partial charge in [0.05, 0.1) is 12.1 Å². The Bertz CT molecular complexity index is 809. The Hall–Kier alpha value is -2.79. The summed E-state index contributed by atoms with van der Waals surface area (Å²) in [7, 11) is 0.